The number of ether oxygens (including phenoxy) is 1. The van der Waals surface area contributed by atoms with Crippen LogP contribution in [0, 0.1) is 0 Å². The largest absolute Gasteiger partial charge is 0.497 e. The van der Waals surface area contributed by atoms with Crippen LogP contribution in [0.3, 0.4) is 0 Å². The summed E-state index contributed by atoms with van der Waals surface area (Å²) in [5, 5.41) is 10.2. The third-order valence-electron chi connectivity index (χ3n) is 4.27. The lowest BCUT2D eigenvalue weighted by molar-refractivity contribution is 0.116. The lowest BCUT2D eigenvalue weighted by atomic mass is 10.1. The topological polar surface area (TPSA) is 86.0 Å². The van der Waals surface area contributed by atoms with Crippen molar-refractivity contribution in [3.8, 4) is 17.2 Å². The second-order valence-electron chi connectivity index (χ2n) is 5.98. The molecule has 1 fully saturated rings. The summed E-state index contributed by atoms with van der Waals surface area (Å²) in [5.74, 6) is 0.477. The van der Waals surface area contributed by atoms with Gasteiger partial charge >= 0.3 is 6.43 Å². The summed E-state index contributed by atoms with van der Waals surface area (Å²) in [6, 6.07) is 7.85. The number of methoxy groups -OCH3 is 1. The van der Waals surface area contributed by atoms with E-state index in [9.17, 15) is 8.78 Å². The fourth-order valence-corrected chi connectivity index (χ4v) is 2.68. The monoisotopic (exact) mass is 389 g/mol. The molecule has 28 heavy (non-hydrogen) atoms. The lowest BCUT2D eigenvalue weighted by Gasteiger charge is -2.18. The van der Waals surface area contributed by atoms with Gasteiger partial charge in [-0.25, -0.2) is 9.97 Å². The van der Waals surface area contributed by atoms with Gasteiger partial charge < -0.3 is 14.5 Å². The standard InChI is InChI=1S/C17H15F2N5O2.C2H6/c1-25-12-4-2-11(3-5-12)17(6-7-17)22-16-20-8-10(9-21-16)14-23-24-15(26-14)13(18)19;1-2/h2-5,8-9,13H,6-7H2,1H3,(H,20,21,22);1-2H3. The van der Waals surface area contributed by atoms with Crippen molar-refractivity contribution in [3.63, 3.8) is 0 Å². The zero-order valence-electron chi connectivity index (χ0n) is 15.8. The molecule has 1 aromatic carbocycles. The molecule has 1 aliphatic carbocycles. The van der Waals surface area contributed by atoms with Gasteiger partial charge in [-0.2, -0.15) is 8.78 Å². The molecule has 2 aromatic heterocycles. The minimum atomic E-state index is -2.81. The van der Waals surface area contributed by atoms with E-state index < -0.39 is 12.3 Å². The first kappa shape index (κ1) is 19.7. The first-order valence-corrected chi connectivity index (χ1v) is 8.96. The molecule has 4 rings (SSSR count). The van der Waals surface area contributed by atoms with Crippen molar-refractivity contribution < 1.29 is 17.9 Å². The van der Waals surface area contributed by atoms with Crippen LogP contribution in [0.4, 0.5) is 14.7 Å². The molecule has 0 bridgehead atoms. The summed E-state index contributed by atoms with van der Waals surface area (Å²) >= 11 is 0. The van der Waals surface area contributed by atoms with Gasteiger partial charge in [-0.15, -0.1) is 10.2 Å². The van der Waals surface area contributed by atoms with Crippen LogP contribution >= 0.6 is 0 Å². The first-order valence-electron chi connectivity index (χ1n) is 8.96. The maximum absolute atomic E-state index is 12.5. The highest BCUT2D eigenvalue weighted by Gasteiger charge is 2.45. The SMILES string of the molecule is CC.COc1ccc(C2(Nc3ncc(-c4nnc(C(F)F)o4)cn3)CC2)cc1. The average molecular weight is 389 g/mol. The van der Waals surface area contributed by atoms with Gasteiger partial charge in [0, 0.05) is 12.4 Å². The molecular weight excluding hydrogens is 368 g/mol. The van der Waals surface area contributed by atoms with Crippen molar-refractivity contribution in [3.05, 3.63) is 48.1 Å². The number of benzene rings is 1. The Morgan fingerprint density at radius 3 is 2.21 bits per heavy atom. The zero-order chi connectivity index (χ0) is 20.1. The smallest absolute Gasteiger partial charge is 0.314 e. The van der Waals surface area contributed by atoms with Gasteiger partial charge in [0.2, 0.25) is 5.95 Å². The fraction of sp³-hybridized carbons (Fsp3) is 0.368. The van der Waals surface area contributed by atoms with Crippen molar-refractivity contribution in [2.24, 2.45) is 0 Å². The second-order valence-corrected chi connectivity index (χ2v) is 5.98. The van der Waals surface area contributed by atoms with E-state index in [-0.39, 0.29) is 11.4 Å². The number of hydrogen-bond acceptors (Lipinski definition) is 7. The first-order chi connectivity index (χ1) is 13.6. The van der Waals surface area contributed by atoms with Gasteiger partial charge in [0.25, 0.3) is 11.8 Å². The van der Waals surface area contributed by atoms with E-state index in [1.165, 1.54) is 12.4 Å². The average Bonchev–Trinajstić information content (AvgIpc) is 3.34. The number of aromatic nitrogens is 4. The summed E-state index contributed by atoms with van der Waals surface area (Å²) in [5.41, 5.74) is 1.31. The predicted octanol–water partition coefficient (Wildman–Crippen LogP) is 4.60. The molecule has 3 aromatic rings. The molecule has 0 amide bonds. The molecule has 0 radical (unpaired) electrons. The number of nitrogens with zero attached hydrogens (tertiary/aromatic N) is 4. The van der Waals surface area contributed by atoms with E-state index in [2.05, 4.69) is 25.5 Å². The van der Waals surface area contributed by atoms with Crippen molar-refractivity contribution in [2.45, 2.75) is 38.7 Å². The molecule has 1 saturated carbocycles. The Labute approximate surface area is 161 Å². The Bertz CT molecular complexity index is 893. The molecule has 1 aliphatic rings. The van der Waals surface area contributed by atoms with E-state index in [0.717, 1.165) is 24.2 Å². The summed E-state index contributed by atoms with van der Waals surface area (Å²) in [4.78, 5) is 8.46. The van der Waals surface area contributed by atoms with Crippen molar-refractivity contribution in [1.29, 1.82) is 0 Å². The Hall–Kier alpha value is -3.10. The lowest BCUT2D eigenvalue weighted by Crippen LogP contribution is -2.20. The van der Waals surface area contributed by atoms with E-state index >= 15 is 0 Å². The minimum absolute atomic E-state index is 0.0388. The van der Waals surface area contributed by atoms with E-state index in [0.29, 0.717) is 11.5 Å². The van der Waals surface area contributed by atoms with Crippen LogP contribution in [-0.2, 0) is 5.54 Å². The normalized spacial score (nSPS) is 14.2. The summed E-state index contributed by atoms with van der Waals surface area (Å²) < 4.78 is 35.1. The maximum atomic E-state index is 12.5. The molecule has 0 spiro atoms. The molecule has 0 unspecified atom stereocenters. The van der Waals surface area contributed by atoms with Crippen LogP contribution in [-0.4, -0.2) is 27.3 Å². The molecule has 148 valence electrons. The van der Waals surface area contributed by atoms with Crippen LogP contribution in [0.25, 0.3) is 11.5 Å². The van der Waals surface area contributed by atoms with Gasteiger partial charge in [0.1, 0.15) is 5.75 Å². The molecular formula is C19H21F2N5O2. The molecule has 0 atom stereocenters. The van der Waals surface area contributed by atoms with Crippen LogP contribution in [0.5, 0.6) is 5.75 Å². The number of alkyl halides is 2. The predicted molar refractivity (Wildman–Crippen MR) is 99.2 cm³/mol. The molecule has 9 heteroatoms. The highest BCUT2D eigenvalue weighted by atomic mass is 19.3. The Morgan fingerprint density at radius 2 is 1.71 bits per heavy atom. The fourth-order valence-electron chi connectivity index (χ4n) is 2.68. The van der Waals surface area contributed by atoms with Crippen LogP contribution in [0.2, 0.25) is 0 Å². The van der Waals surface area contributed by atoms with Crippen LogP contribution in [0.15, 0.2) is 41.1 Å². The molecule has 1 N–H and O–H groups in total. The van der Waals surface area contributed by atoms with Crippen molar-refractivity contribution >= 4 is 5.95 Å². The number of anilines is 1. The van der Waals surface area contributed by atoms with E-state index in [4.69, 9.17) is 9.15 Å². The highest BCUT2D eigenvalue weighted by Crippen LogP contribution is 2.48. The van der Waals surface area contributed by atoms with Crippen molar-refractivity contribution in [2.75, 3.05) is 12.4 Å². The third-order valence-corrected chi connectivity index (χ3v) is 4.27. The minimum Gasteiger partial charge on any atom is -0.497 e. The maximum Gasteiger partial charge on any atom is 0.314 e. The van der Waals surface area contributed by atoms with Gasteiger partial charge in [-0.05, 0) is 30.5 Å². The third kappa shape index (κ3) is 4.08. The molecule has 0 saturated heterocycles. The van der Waals surface area contributed by atoms with Gasteiger partial charge in [0.15, 0.2) is 0 Å². The van der Waals surface area contributed by atoms with Gasteiger partial charge in [0.05, 0.1) is 18.2 Å². The Kier molecular flexibility index (Phi) is 5.81. The molecule has 7 nitrogen and oxygen atoms in total. The highest BCUT2D eigenvalue weighted by molar-refractivity contribution is 5.51. The molecule has 0 aliphatic heterocycles. The number of halogens is 2. The zero-order valence-corrected chi connectivity index (χ0v) is 15.8. The van der Waals surface area contributed by atoms with Crippen molar-refractivity contribution in [1.82, 2.24) is 20.2 Å². The number of hydrogen-bond donors (Lipinski definition) is 1. The molecule has 2 heterocycles. The summed E-state index contributed by atoms with van der Waals surface area (Å²) in [7, 11) is 1.63. The summed E-state index contributed by atoms with van der Waals surface area (Å²) in [6.07, 6.45) is 2.04. The van der Waals surface area contributed by atoms with Crippen LogP contribution < -0.4 is 10.1 Å². The van der Waals surface area contributed by atoms with Gasteiger partial charge in [-0.1, -0.05) is 26.0 Å². The number of rotatable bonds is 6. The van der Waals surface area contributed by atoms with Gasteiger partial charge in [-0.3, -0.25) is 0 Å². The van der Waals surface area contributed by atoms with Crippen LogP contribution in [0.1, 0.15) is 44.6 Å². The Balaban J connectivity index is 0.00000109. The summed E-state index contributed by atoms with van der Waals surface area (Å²) in [6.45, 7) is 4.00. The van der Waals surface area contributed by atoms with E-state index in [1.807, 2.05) is 38.1 Å². The number of nitrogens with one attached hydrogen (secondary N) is 1. The Morgan fingerprint density at radius 1 is 1.07 bits per heavy atom. The quantitative estimate of drug-likeness (QED) is 0.659. The second kappa shape index (κ2) is 8.28. The van der Waals surface area contributed by atoms with E-state index in [1.54, 1.807) is 7.11 Å².